The molecule has 114 valence electrons. The summed E-state index contributed by atoms with van der Waals surface area (Å²) in [6, 6.07) is 7.17. The standard InChI is InChI=1S/C15H26N2O2S/c1-4-7-12-17(6-3)20(18,19)15-10-8-14(9-11-15)13-16-5-2/h8-11,16H,4-7,12-13H2,1-3H3. The maximum Gasteiger partial charge on any atom is 0.243 e. The van der Waals surface area contributed by atoms with Crippen molar-refractivity contribution in [3.05, 3.63) is 29.8 Å². The Morgan fingerprint density at radius 1 is 1.10 bits per heavy atom. The molecule has 0 fully saturated rings. The molecule has 5 heteroatoms. The minimum Gasteiger partial charge on any atom is -0.313 e. The lowest BCUT2D eigenvalue weighted by Crippen LogP contribution is -2.31. The van der Waals surface area contributed by atoms with Gasteiger partial charge in [0.05, 0.1) is 4.90 Å². The van der Waals surface area contributed by atoms with Crippen LogP contribution in [0.4, 0.5) is 0 Å². The van der Waals surface area contributed by atoms with Crippen LogP contribution in [0.15, 0.2) is 29.2 Å². The van der Waals surface area contributed by atoms with Gasteiger partial charge in [0.2, 0.25) is 10.0 Å². The van der Waals surface area contributed by atoms with Gasteiger partial charge < -0.3 is 5.32 Å². The lowest BCUT2D eigenvalue weighted by Gasteiger charge is -2.20. The summed E-state index contributed by atoms with van der Waals surface area (Å²) in [6.45, 7) is 8.77. The molecule has 0 bridgehead atoms. The molecule has 0 saturated carbocycles. The van der Waals surface area contributed by atoms with Crippen LogP contribution in [-0.2, 0) is 16.6 Å². The fourth-order valence-electron chi connectivity index (χ4n) is 1.98. The Hall–Kier alpha value is -0.910. The van der Waals surface area contributed by atoms with Gasteiger partial charge in [-0.2, -0.15) is 4.31 Å². The average Bonchev–Trinajstić information content (AvgIpc) is 2.46. The van der Waals surface area contributed by atoms with E-state index in [1.807, 2.05) is 26.0 Å². The highest BCUT2D eigenvalue weighted by Crippen LogP contribution is 2.17. The summed E-state index contributed by atoms with van der Waals surface area (Å²) in [7, 11) is -3.35. The summed E-state index contributed by atoms with van der Waals surface area (Å²) in [5.74, 6) is 0. The molecule has 1 rings (SSSR count). The van der Waals surface area contributed by atoms with Crippen LogP contribution in [0.5, 0.6) is 0 Å². The van der Waals surface area contributed by atoms with E-state index < -0.39 is 10.0 Å². The molecule has 0 atom stereocenters. The number of hydrogen-bond acceptors (Lipinski definition) is 3. The summed E-state index contributed by atoms with van der Waals surface area (Å²) in [4.78, 5) is 0.385. The highest BCUT2D eigenvalue weighted by atomic mass is 32.2. The van der Waals surface area contributed by atoms with E-state index in [4.69, 9.17) is 0 Å². The lowest BCUT2D eigenvalue weighted by molar-refractivity contribution is 0.419. The molecule has 0 unspecified atom stereocenters. The fourth-order valence-corrected chi connectivity index (χ4v) is 3.47. The average molecular weight is 298 g/mol. The molecule has 0 radical (unpaired) electrons. The molecule has 0 aliphatic heterocycles. The largest absolute Gasteiger partial charge is 0.313 e. The van der Waals surface area contributed by atoms with Gasteiger partial charge in [-0.05, 0) is 30.7 Å². The molecule has 1 N–H and O–H groups in total. The zero-order valence-corrected chi connectivity index (χ0v) is 13.5. The normalized spacial score (nSPS) is 12.0. The van der Waals surface area contributed by atoms with Crippen LogP contribution in [0.1, 0.15) is 39.2 Å². The Kier molecular flexibility index (Phi) is 7.19. The number of unbranched alkanes of at least 4 members (excludes halogenated alkanes) is 1. The first-order valence-corrected chi connectivity index (χ1v) is 8.80. The van der Waals surface area contributed by atoms with Crippen molar-refractivity contribution in [3.8, 4) is 0 Å². The molecule has 0 heterocycles. The molecule has 20 heavy (non-hydrogen) atoms. The zero-order valence-electron chi connectivity index (χ0n) is 12.7. The smallest absolute Gasteiger partial charge is 0.243 e. The van der Waals surface area contributed by atoms with Crippen molar-refractivity contribution in [2.75, 3.05) is 19.6 Å². The molecular formula is C15H26N2O2S. The van der Waals surface area contributed by atoms with E-state index in [2.05, 4.69) is 12.2 Å². The van der Waals surface area contributed by atoms with Crippen LogP contribution in [-0.4, -0.2) is 32.4 Å². The third kappa shape index (κ3) is 4.58. The Morgan fingerprint density at radius 3 is 2.25 bits per heavy atom. The van der Waals surface area contributed by atoms with Crippen LogP contribution < -0.4 is 5.32 Å². The van der Waals surface area contributed by atoms with Crippen LogP contribution in [0, 0.1) is 0 Å². The third-order valence-electron chi connectivity index (χ3n) is 3.25. The molecule has 0 saturated heterocycles. The van der Waals surface area contributed by atoms with Gasteiger partial charge in [0.25, 0.3) is 0 Å². The second kappa shape index (κ2) is 8.39. The monoisotopic (exact) mass is 298 g/mol. The third-order valence-corrected chi connectivity index (χ3v) is 5.24. The quantitative estimate of drug-likeness (QED) is 0.762. The minimum atomic E-state index is -3.35. The van der Waals surface area contributed by atoms with Gasteiger partial charge >= 0.3 is 0 Å². The van der Waals surface area contributed by atoms with Gasteiger partial charge in [-0.3, -0.25) is 0 Å². The van der Waals surface area contributed by atoms with Crippen LogP contribution in [0.2, 0.25) is 0 Å². The predicted octanol–water partition coefficient (Wildman–Crippen LogP) is 2.61. The summed E-state index contributed by atoms with van der Waals surface area (Å²) < 4.78 is 26.6. The van der Waals surface area contributed by atoms with Crippen molar-refractivity contribution >= 4 is 10.0 Å². The van der Waals surface area contributed by atoms with Gasteiger partial charge in [0.15, 0.2) is 0 Å². The van der Waals surface area contributed by atoms with E-state index >= 15 is 0 Å². The maximum atomic E-state index is 12.5. The highest BCUT2D eigenvalue weighted by molar-refractivity contribution is 7.89. The van der Waals surface area contributed by atoms with Crippen molar-refractivity contribution < 1.29 is 8.42 Å². The Morgan fingerprint density at radius 2 is 1.75 bits per heavy atom. The number of nitrogens with zero attached hydrogens (tertiary/aromatic N) is 1. The van der Waals surface area contributed by atoms with Gasteiger partial charge in [0, 0.05) is 19.6 Å². The Bertz CT molecular complexity index is 483. The zero-order chi connectivity index (χ0) is 15.0. The van der Waals surface area contributed by atoms with Gasteiger partial charge in [0.1, 0.15) is 0 Å². The SMILES string of the molecule is CCCCN(CC)S(=O)(=O)c1ccc(CNCC)cc1. The number of benzene rings is 1. The van der Waals surface area contributed by atoms with Crippen molar-refractivity contribution in [1.82, 2.24) is 9.62 Å². The van der Waals surface area contributed by atoms with E-state index in [1.165, 1.54) is 0 Å². The van der Waals surface area contributed by atoms with Crippen LogP contribution in [0.3, 0.4) is 0 Å². The summed E-state index contributed by atoms with van der Waals surface area (Å²) >= 11 is 0. The summed E-state index contributed by atoms with van der Waals surface area (Å²) in [6.07, 6.45) is 1.89. The first-order valence-electron chi connectivity index (χ1n) is 7.36. The van der Waals surface area contributed by atoms with Gasteiger partial charge in [-0.15, -0.1) is 0 Å². The second-order valence-electron chi connectivity index (χ2n) is 4.77. The molecular weight excluding hydrogens is 272 g/mol. The molecule has 1 aromatic rings. The number of nitrogens with one attached hydrogen (secondary N) is 1. The van der Waals surface area contributed by atoms with E-state index in [0.717, 1.165) is 31.5 Å². The molecule has 0 aromatic heterocycles. The molecule has 0 aliphatic carbocycles. The topological polar surface area (TPSA) is 49.4 Å². The first kappa shape index (κ1) is 17.1. The highest BCUT2D eigenvalue weighted by Gasteiger charge is 2.22. The molecule has 0 amide bonds. The van der Waals surface area contributed by atoms with E-state index in [9.17, 15) is 8.42 Å². The first-order chi connectivity index (χ1) is 9.56. The number of rotatable bonds is 9. The van der Waals surface area contributed by atoms with Gasteiger partial charge in [-0.1, -0.05) is 39.3 Å². The maximum absolute atomic E-state index is 12.5. The molecule has 4 nitrogen and oxygen atoms in total. The van der Waals surface area contributed by atoms with Crippen molar-refractivity contribution in [3.63, 3.8) is 0 Å². The number of sulfonamides is 1. The van der Waals surface area contributed by atoms with Crippen LogP contribution in [0.25, 0.3) is 0 Å². The van der Waals surface area contributed by atoms with Crippen molar-refractivity contribution in [2.45, 2.75) is 45.1 Å². The van der Waals surface area contributed by atoms with Crippen LogP contribution >= 0.6 is 0 Å². The summed E-state index contributed by atoms with van der Waals surface area (Å²) in [5, 5.41) is 3.22. The van der Waals surface area contributed by atoms with Gasteiger partial charge in [-0.25, -0.2) is 8.42 Å². The van der Waals surface area contributed by atoms with E-state index in [1.54, 1.807) is 16.4 Å². The molecule has 1 aromatic carbocycles. The molecule has 0 spiro atoms. The van der Waals surface area contributed by atoms with Crippen molar-refractivity contribution in [1.29, 1.82) is 0 Å². The van der Waals surface area contributed by atoms with E-state index in [-0.39, 0.29) is 0 Å². The van der Waals surface area contributed by atoms with E-state index in [0.29, 0.717) is 18.0 Å². The summed E-state index contributed by atoms with van der Waals surface area (Å²) in [5.41, 5.74) is 1.10. The second-order valence-corrected chi connectivity index (χ2v) is 6.71. The van der Waals surface area contributed by atoms with Crippen molar-refractivity contribution in [2.24, 2.45) is 0 Å². The number of hydrogen-bond donors (Lipinski definition) is 1. The molecule has 0 aliphatic rings. The minimum absolute atomic E-state index is 0.385. The predicted molar refractivity (Wildman–Crippen MR) is 83.2 cm³/mol. The Balaban J connectivity index is 2.85. The Labute approximate surface area is 123 Å². The lowest BCUT2D eigenvalue weighted by atomic mass is 10.2. The fraction of sp³-hybridized carbons (Fsp3) is 0.600.